The minimum atomic E-state index is -0.709. The Bertz CT molecular complexity index is 842. The summed E-state index contributed by atoms with van der Waals surface area (Å²) in [6.45, 7) is 7.22. The lowest BCUT2D eigenvalue weighted by Crippen LogP contribution is -2.44. The van der Waals surface area contributed by atoms with Crippen molar-refractivity contribution in [3.63, 3.8) is 0 Å². The van der Waals surface area contributed by atoms with Crippen molar-refractivity contribution in [3.8, 4) is 0 Å². The van der Waals surface area contributed by atoms with Gasteiger partial charge in [-0.1, -0.05) is 17.7 Å². The highest BCUT2D eigenvalue weighted by atomic mass is 35.5. The predicted molar refractivity (Wildman–Crippen MR) is 111 cm³/mol. The minimum Gasteiger partial charge on any atom is -0.452 e. The first-order chi connectivity index (χ1) is 13.2. The molecule has 1 N–H and O–H groups in total. The summed E-state index contributed by atoms with van der Waals surface area (Å²) in [4.78, 5) is 39.4. The van der Waals surface area contributed by atoms with Crippen LogP contribution in [-0.2, 0) is 9.53 Å². The van der Waals surface area contributed by atoms with Gasteiger partial charge in [-0.05, 0) is 57.3 Å². The lowest BCUT2D eigenvalue weighted by molar-refractivity contribution is -0.138. The van der Waals surface area contributed by atoms with E-state index in [-0.39, 0.29) is 41.8 Å². The van der Waals surface area contributed by atoms with Gasteiger partial charge in [-0.3, -0.25) is 9.59 Å². The molecule has 0 radical (unpaired) electrons. The monoisotopic (exact) mass is 422 g/mol. The molecule has 0 atom stereocenters. The fourth-order valence-corrected chi connectivity index (χ4v) is 3.63. The molecule has 0 aliphatic heterocycles. The lowest BCUT2D eigenvalue weighted by Gasteiger charge is -2.30. The van der Waals surface area contributed by atoms with Crippen molar-refractivity contribution in [2.24, 2.45) is 0 Å². The molecule has 1 aromatic heterocycles. The van der Waals surface area contributed by atoms with Crippen LogP contribution in [0.4, 0.5) is 5.69 Å². The Hall–Kier alpha value is -2.38. The van der Waals surface area contributed by atoms with Crippen LogP contribution in [0.2, 0.25) is 5.02 Å². The summed E-state index contributed by atoms with van der Waals surface area (Å²) in [5.41, 5.74) is 0.357. The topological polar surface area (TPSA) is 75.7 Å². The number of anilines is 1. The maximum absolute atomic E-state index is 12.5. The summed E-state index contributed by atoms with van der Waals surface area (Å²) in [6, 6.07) is 7.86. The first-order valence-electron chi connectivity index (χ1n) is 8.83. The van der Waals surface area contributed by atoms with Crippen molar-refractivity contribution in [1.29, 1.82) is 0 Å². The normalized spacial score (nSPS) is 10.8. The smallest absolute Gasteiger partial charge is 0.340 e. The van der Waals surface area contributed by atoms with E-state index in [2.05, 4.69) is 5.32 Å². The van der Waals surface area contributed by atoms with Crippen molar-refractivity contribution in [2.75, 3.05) is 11.9 Å². The maximum atomic E-state index is 12.5. The predicted octanol–water partition coefficient (Wildman–Crippen LogP) is 4.46. The Morgan fingerprint density at radius 1 is 1.14 bits per heavy atom. The number of esters is 1. The number of carbonyl (C=O) groups excluding carboxylic acids is 3. The number of ether oxygens (including phenoxy) is 1. The number of hydrogen-bond donors (Lipinski definition) is 1. The van der Waals surface area contributed by atoms with E-state index < -0.39 is 5.97 Å². The molecule has 150 valence electrons. The first-order valence-corrected chi connectivity index (χ1v) is 10.1. The van der Waals surface area contributed by atoms with E-state index in [1.54, 1.807) is 22.4 Å². The molecule has 2 aromatic rings. The van der Waals surface area contributed by atoms with Crippen LogP contribution >= 0.6 is 22.9 Å². The fourth-order valence-electron chi connectivity index (χ4n) is 2.84. The van der Waals surface area contributed by atoms with Crippen LogP contribution in [0.1, 0.15) is 47.7 Å². The van der Waals surface area contributed by atoms with E-state index in [1.807, 2.05) is 27.7 Å². The van der Waals surface area contributed by atoms with Crippen molar-refractivity contribution in [2.45, 2.75) is 39.8 Å². The summed E-state index contributed by atoms with van der Waals surface area (Å²) in [5, 5.41) is 4.81. The average molecular weight is 423 g/mol. The van der Waals surface area contributed by atoms with E-state index in [1.165, 1.54) is 29.5 Å². The third-order valence-electron chi connectivity index (χ3n) is 3.92. The molecular weight excluding hydrogens is 400 g/mol. The zero-order chi connectivity index (χ0) is 20.8. The van der Waals surface area contributed by atoms with Gasteiger partial charge in [-0.25, -0.2) is 4.79 Å². The van der Waals surface area contributed by atoms with Crippen LogP contribution in [0, 0.1) is 0 Å². The zero-order valence-corrected chi connectivity index (χ0v) is 17.8. The van der Waals surface area contributed by atoms with Crippen LogP contribution in [0.25, 0.3) is 0 Å². The molecule has 8 heteroatoms. The molecule has 0 bridgehead atoms. The Kier molecular flexibility index (Phi) is 7.60. The van der Waals surface area contributed by atoms with E-state index in [9.17, 15) is 14.4 Å². The van der Waals surface area contributed by atoms with E-state index in [4.69, 9.17) is 16.3 Å². The van der Waals surface area contributed by atoms with Crippen molar-refractivity contribution >= 4 is 46.4 Å². The molecule has 0 aliphatic carbocycles. The molecule has 0 saturated carbocycles. The average Bonchev–Trinajstić information content (AvgIpc) is 3.14. The second-order valence-corrected chi connectivity index (χ2v) is 8.07. The highest BCUT2D eigenvalue weighted by molar-refractivity contribution is 7.12. The van der Waals surface area contributed by atoms with Crippen molar-refractivity contribution in [3.05, 3.63) is 51.2 Å². The molecule has 0 unspecified atom stereocenters. The van der Waals surface area contributed by atoms with Crippen LogP contribution in [0.3, 0.4) is 0 Å². The highest BCUT2D eigenvalue weighted by Gasteiger charge is 2.23. The third kappa shape index (κ3) is 5.56. The molecule has 1 aromatic carbocycles. The summed E-state index contributed by atoms with van der Waals surface area (Å²) in [6.07, 6.45) is 0. The number of benzene rings is 1. The standard InChI is InChI=1S/C20H23ClN2O4S/c1-12(2)23(13(3)4)18(24)11-27-20(26)15-8-7-14(21)10-16(15)22-19(25)17-6-5-9-28-17/h5-10,12-13H,11H2,1-4H3,(H,22,25). The van der Waals surface area contributed by atoms with Gasteiger partial charge < -0.3 is 15.0 Å². The molecule has 0 saturated heterocycles. The van der Waals surface area contributed by atoms with Gasteiger partial charge in [0.1, 0.15) is 0 Å². The molecule has 0 spiro atoms. The van der Waals surface area contributed by atoms with Crippen LogP contribution in [0.15, 0.2) is 35.7 Å². The lowest BCUT2D eigenvalue weighted by atomic mass is 10.1. The molecular formula is C20H23ClN2O4S. The van der Waals surface area contributed by atoms with Gasteiger partial charge in [0, 0.05) is 17.1 Å². The van der Waals surface area contributed by atoms with Gasteiger partial charge in [-0.2, -0.15) is 0 Å². The number of hydrogen-bond acceptors (Lipinski definition) is 5. The second-order valence-electron chi connectivity index (χ2n) is 6.69. The molecule has 1 heterocycles. The maximum Gasteiger partial charge on any atom is 0.340 e. The number of amides is 2. The number of nitrogens with zero attached hydrogens (tertiary/aromatic N) is 1. The van der Waals surface area contributed by atoms with Crippen molar-refractivity contribution < 1.29 is 19.1 Å². The Morgan fingerprint density at radius 2 is 1.82 bits per heavy atom. The van der Waals surface area contributed by atoms with Gasteiger partial charge in [0.05, 0.1) is 16.1 Å². The molecule has 28 heavy (non-hydrogen) atoms. The molecule has 2 amide bonds. The second kappa shape index (κ2) is 9.71. The Morgan fingerprint density at radius 3 is 2.39 bits per heavy atom. The summed E-state index contributed by atoms with van der Waals surface area (Å²) >= 11 is 7.29. The molecule has 6 nitrogen and oxygen atoms in total. The van der Waals surface area contributed by atoms with E-state index in [0.29, 0.717) is 9.90 Å². The number of halogens is 1. The first kappa shape index (κ1) is 21.9. The molecule has 0 fully saturated rings. The molecule has 2 rings (SSSR count). The number of rotatable bonds is 7. The van der Waals surface area contributed by atoms with E-state index >= 15 is 0 Å². The van der Waals surface area contributed by atoms with Crippen molar-refractivity contribution in [1.82, 2.24) is 4.90 Å². The molecule has 0 aliphatic rings. The quantitative estimate of drug-likeness (QED) is 0.668. The zero-order valence-electron chi connectivity index (χ0n) is 16.2. The van der Waals surface area contributed by atoms with Gasteiger partial charge in [-0.15, -0.1) is 11.3 Å². The van der Waals surface area contributed by atoms with Gasteiger partial charge in [0.15, 0.2) is 6.61 Å². The Labute approximate surface area is 173 Å². The van der Waals surface area contributed by atoms with Crippen LogP contribution in [-0.4, -0.2) is 41.4 Å². The third-order valence-corrected chi connectivity index (χ3v) is 5.03. The van der Waals surface area contributed by atoms with Gasteiger partial charge in [0.2, 0.25) is 0 Å². The summed E-state index contributed by atoms with van der Waals surface area (Å²) in [5.74, 6) is -1.34. The van der Waals surface area contributed by atoms with Crippen LogP contribution in [0.5, 0.6) is 0 Å². The number of nitrogens with one attached hydrogen (secondary N) is 1. The van der Waals surface area contributed by atoms with E-state index in [0.717, 1.165) is 0 Å². The Balaban J connectivity index is 2.12. The summed E-state index contributed by atoms with van der Waals surface area (Å²) < 4.78 is 5.20. The minimum absolute atomic E-state index is 0.0117. The number of thiophene rings is 1. The SMILES string of the molecule is CC(C)N(C(=O)COC(=O)c1ccc(Cl)cc1NC(=O)c1cccs1)C(C)C. The fraction of sp³-hybridized carbons (Fsp3) is 0.350. The van der Waals surface area contributed by atoms with Crippen LogP contribution < -0.4 is 5.32 Å². The van der Waals surface area contributed by atoms with Gasteiger partial charge in [0.25, 0.3) is 11.8 Å². The van der Waals surface area contributed by atoms with Gasteiger partial charge >= 0.3 is 5.97 Å². The largest absolute Gasteiger partial charge is 0.452 e. The highest BCUT2D eigenvalue weighted by Crippen LogP contribution is 2.23. The summed E-state index contributed by atoms with van der Waals surface area (Å²) in [7, 11) is 0. The number of carbonyl (C=O) groups is 3.